The highest BCUT2D eigenvalue weighted by molar-refractivity contribution is 5.74. The molecule has 0 aliphatic carbocycles. The van der Waals surface area contributed by atoms with Gasteiger partial charge in [-0.3, -0.25) is 0 Å². The van der Waals surface area contributed by atoms with Crippen molar-refractivity contribution in [1.29, 1.82) is 0 Å². The Labute approximate surface area is 155 Å². The fourth-order valence-corrected chi connectivity index (χ4v) is 3.65. The maximum atomic E-state index is 5.49. The Balaban J connectivity index is 1.58. The number of rotatable bonds is 4. The van der Waals surface area contributed by atoms with Crippen molar-refractivity contribution < 1.29 is 4.74 Å². The number of anilines is 4. The van der Waals surface area contributed by atoms with E-state index in [4.69, 9.17) is 9.72 Å². The average Bonchev–Trinajstić information content (AvgIpc) is 2.69. The fraction of sp³-hybridized carbons (Fsp3) is 0.500. The van der Waals surface area contributed by atoms with Crippen LogP contribution in [0.1, 0.15) is 25.0 Å². The molecule has 0 spiro atoms. The average molecular weight is 353 g/mol. The van der Waals surface area contributed by atoms with Crippen molar-refractivity contribution in [2.45, 2.75) is 26.2 Å². The Morgan fingerprint density at radius 2 is 1.69 bits per heavy atom. The minimum absolute atomic E-state index is 0.778. The van der Waals surface area contributed by atoms with Crippen LogP contribution in [0.25, 0.3) is 0 Å². The van der Waals surface area contributed by atoms with E-state index < -0.39 is 0 Å². The maximum absolute atomic E-state index is 5.49. The Morgan fingerprint density at radius 1 is 0.923 bits per heavy atom. The van der Waals surface area contributed by atoms with Crippen LogP contribution >= 0.6 is 0 Å². The molecule has 2 saturated heterocycles. The molecule has 1 N–H and O–H groups in total. The van der Waals surface area contributed by atoms with Crippen molar-refractivity contribution in [2.75, 3.05) is 54.5 Å². The quantitative estimate of drug-likeness (QED) is 0.910. The second-order valence-corrected chi connectivity index (χ2v) is 6.98. The van der Waals surface area contributed by atoms with Crippen molar-refractivity contribution in [3.63, 3.8) is 0 Å². The van der Waals surface area contributed by atoms with E-state index in [9.17, 15) is 0 Å². The second-order valence-electron chi connectivity index (χ2n) is 6.98. The standard InChI is InChI=1S/C20H27N5O/c1-16-15-19(23-20(21-16)25-9-5-2-6-10-25)22-17-7-3-4-8-18(17)24-11-13-26-14-12-24/h3-4,7-8,15H,2,5-6,9-14H2,1H3,(H,21,22,23). The van der Waals surface area contributed by atoms with E-state index in [0.717, 1.165) is 62.5 Å². The number of nitrogens with one attached hydrogen (secondary N) is 1. The van der Waals surface area contributed by atoms with E-state index in [1.807, 2.05) is 13.0 Å². The third-order valence-corrected chi connectivity index (χ3v) is 5.00. The van der Waals surface area contributed by atoms with Gasteiger partial charge >= 0.3 is 0 Å². The monoisotopic (exact) mass is 353 g/mol. The summed E-state index contributed by atoms with van der Waals surface area (Å²) < 4.78 is 5.49. The first kappa shape index (κ1) is 17.1. The molecule has 6 nitrogen and oxygen atoms in total. The number of nitrogens with zero attached hydrogens (tertiary/aromatic N) is 4. The highest BCUT2D eigenvalue weighted by atomic mass is 16.5. The molecule has 4 rings (SSSR count). The van der Waals surface area contributed by atoms with Crippen LogP contribution in [0.2, 0.25) is 0 Å². The van der Waals surface area contributed by atoms with Crippen LogP contribution in [0.15, 0.2) is 30.3 Å². The highest BCUT2D eigenvalue weighted by Crippen LogP contribution is 2.29. The van der Waals surface area contributed by atoms with E-state index in [1.165, 1.54) is 24.9 Å². The number of hydrogen-bond acceptors (Lipinski definition) is 6. The number of morpholine rings is 1. The molecule has 2 fully saturated rings. The van der Waals surface area contributed by atoms with Crippen LogP contribution in [-0.4, -0.2) is 49.4 Å². The lowest BCUT2D eigenvalue weighted by Gasteiger charge is -2.31. The van der Waals surface area contributed by atoms with E-state index >= 15 is 0 Å². The number of benzene rings is 1. The van der Waals surface area contributed by atoms with Crippen LogP contribution in [0.5, 0.6) is 0 Å². The number of piperidine rings is 1. The molecule has 0 radical (unpaired) electrons. The van der Waals surface area contributed by atoms with Crippen molar-refractivity contribution in [2.24, 2.45) is 0 Å². The minimum atomic E-state index is 0.778. The Kier molecular flexibility index (Phi) is 5.20. The zero-order valence-electron chi connectivity index (χ0n) is 15.4. The maximum Gasteiger partial charge on any atom is 0.227 e. The molecule has 0 atom stereocenters. The molecule has 2 aromatic rings. The molecule has 138 valence electrons. The second kappa shape index (κ2) is 7.91. The number of ether oxygens (including phenoxy) is 1. The summed E-state index contributed by atoms with van der Waals surface area (Å²) in [5.74, 6) is 1.70. The molecule has 0 amide bonds. The molecular weight excluding hydrogens is 326 g/mol. The summed E-state index contributed by atoms with van der Waals surface area (Å²) in [6.07, 6.45) is 3.75. The van der Waals surface area contributed by atoms with E-state index in [2.05, 4.69) is 44.4 Å². The van der Waals surface area contributed by atoms with Crippen LogP contribution in [0.4, 0.5) is 23.1 Å². The van der Waals surface area contributed by atoms with Crippen molar-refractivity contribution >= 4 is 23.1 Å². The van der Waals surface area contributed by atoms with Gasteiger partial charge in [0, 0.05) is 37.9 Å². The first-order chi connectivity index (χ1) is 12.8. The first-order valence-corrected chi connectivity index (χ1v) is 9.59. The molecule has 2 aliphatic rings. The molecule has 0 saturated carbocycles. The summed E-state index contributed by atoms with van der Waals surface area (Å²) in [4.78, 5) is 14.1. The number of aryl methyl sites for hydroxylation is 1. The van der Waals surface area contributed by atoms with Gasteiger partial charge in [-0.1, -0.05) is 12.1 Å². The minimum Gasteiger partial charge on any atom is -0.378 e. The van der Waals surface area contributed by atoms with Gasteiger partial charge in [-0.15, -0.1) is 0 Å². The normalized spacial score (nSPS) is 18.0. The zero-order valence-corrected chi connectivity index (χ0v) is 15.4. The molecule has 26 heavy (non-hydrogen) atoms. The van der Waals surface area contributed by atoms with Crippen molar-refractivity contribution in [3.8, 4) is 0 Å². The van der Waals surface area contributed by atoms with E-state index in [0.29, 0.717) is 0 Å². The smallest absolute Gasteiger partial charge is 0.227 e. The molecule has 6 heteroatoms. The summed E-state index contributed by atoms with van der Waals surface area (Å²) in [5, 5.41) is 3.53. The topological polar surface area (TPSA) is 53.5 Å². The lowest BCUT2D eigenvalue weighted by Crippen LogP contribution is -2.36. The molecule has 1 aromatic carbocycles. The summed E-state index contributed by atoms with van der Waals surface area (Å²) in [5.41, 5.74) is 3.27. The van der Waals surface area contributed by atoms with Crippen molar-refractivity contribution in [1.82, 2.24) is 9.97 Å². The Morgan fingerprint density at radius 3 is 2.50 bits per heavy atom. The van der Waals surface area contributed by atoms with Gasteiger partial charge in [0.1, 0.15) is 5.82 Å². The molecule has 0 bridgehead atoms. The molecule has 1 aromatic heterocycles. The first-order valence-electron chi connectivity index (χ1n) is 9.59. The van der Waals surface area contributed by atoms with Gasteiger partial charge < -0.3 is 19.9 Å². The van der Waals surface area contributed by atoms with E-state index in [-0.39, 0.29) is 0 Å². The van der Waals surface area contributed by atoms with Gasteiger partial charge in [-0.2, -0.15) is 4.98 Å². The van der Waals surface area contributed by atoms with Gasteiger partial charge in [0.2, 0.25) is 5.95 Å². The highest BCUT2D eigenvalue weighted by Gasteiger charge is 2.17. The summed E-state index contributed by atoms with van der Waals surface area (Å²) in [7, 11) is 0. The summed E-state index contributed by atoms with van der Waals surface area (Å²) in [6, 6.07) is 10.4. The number of hydrogen-bond donors (Lipinski definition) is 1. The van der Waals surface area contributed by atoms with Crippen LogP contribution in [-0.2, 0) is 4.74 Å². The van der Waals surface area contributed by atoms with Gasteiger partial charge in [0.25, 0.3) is 0 Å². The largest absolute Gasteiger partial charge is 0.378 e. The zero-order chi connectivity index (χ0) is 17.8. The Bertz CT molecular complexity index is 739. The van der Waals surface area contributed by atoms with E-state index in [1.54, 1.807) is 0 Å². The summed E-state index contributed by atoms with van der Waals surface area (Å²) in [6.45, 7) is 7.52. The number of para-hydroxylation sites is 2. The molecular formula is C20H27N5O. The molecule has 0 unspecified atom stereocenters. The summed E-state index contributed by atoms with van der Waals surface area (Å²) >= 11 is 0. The lowest BCUT2D eigenvalue weighted by atomic mass is 10.1. The van der Waals surface area contributed by atoms with Gasteiger partial charge in [-0.25, -0.2) is 4.98 Å². The predicted molar refractivity (Wildman–Crippen MR) is 106 cm³/mol. The molecule has 3 heterocycles. The molecule has 2 aliphatic heterocycles. The lowest BCUT2D eigenvalue weighted by molar-refractivity contribution is 0.123. The predicted octanol–water partition coefficient (Wildman–Crippen LogP) is 3.36. The third-order valence-electron chi connectivity index (χ3n) is 5.00. The van der Waals surface area contributed by atoms with Gasteiger partial charge in [-0.05, 0) is 38.3 Å². The van der Waals surface area contributed by atoms with Gasteiger partial charge in [0.05, 0.1) is 24.6 Å². The van der Waals surface area contributed by atoms with Crippen LogP contribution < -0.4 is 15.1 Å². The third kappa shape index (κ3) is 3.90. The van der Waals surface area contributed by atoms with Crippen LogP contribution in [0.3, 0.4) is 0 Å². The SMILES string of the molecule is Cc1cc(Nc2ccccc2N2CCOCC2)nc(N2CCCCC2)n1. The fourth-order valence-electron chi connectivity index (χ4n) is 3.65. The number of aromatic nitrogens is 2. The van der Waals surface area contributed by atoms with Crippen molar-refractivity contribution in [3.05, 3.63) is 36.0 Å². The van der Waals surface area contributed by atoms with Gasteiger partial charge in [0.15, 0.2) is 0 Å². The van der Waals surface area contributed by atoms with Crippen LogP contribution in [0, 0.1) is 6.92 Å². The Hall–Kier alpha value is -2.34.